The van der Waals surface area contributed by atoms with Crippen molar-refractivity contribution in [3.63, 3.8) is 0 Å². The summed E-state index contributed by atoms with van der Waals surface area (Å²) in [6.07, 6.45) is -1.09. The number of hydrogen-bond acceptors (Lipinski definition) is 6. The van der Waals surface area contributed by atoms with Crippen LogP contribution in [0.25, 0.3) is 0 Å². The first-order valence-corrected chi connectivity index (χ1v) is 6.84. The Balaban J connectivity index is 2.14. The molecule has 1 amide bonds. The number of carbonyl (C=O) groups is 1. The van der Waals surface area contributed by atoms with Crippen LogP contribution < -0.4 is 10.1 Å². The lowest BCUT2D eigenvalue weighted by Crippen LogP contribution is -2.30. The van der Waals surface area contributed by atoms with E-state index in [0.29, 0.717) is 0 Å². The fourth-order valence-corrected chi connectivity index (χ4v) is 1.92. The summed E-state index contributed by atoms with van der Waals surface area (Å²) in [7, 11) is 0. The monoisotopic (exact) mass is 331 g/mol. The second-order valence-corrected chi connectivity index (χ2v) is 4.75. The molecule has 9 nitrogen and oxygen atoms in total. The number of amides is 1. The first-order valence-electron chi connectivity index (χ1n) is 6.84. The third-order valence-corrected chi connectivity index (χ3v) is 3.09. The van der Waals surface area contributed by atoms with Gasteiger partial charge in [-0.25, -0.2) is 0 Å². The van der Waals surface area contributed by atoms with Gasteiger partial charge < -0.3 is 10.1 Å². The fraction of sp³-hybridized carbons (Fsp3) is 0.133. The van der Waals surface area contributed by atoms with E-state index in [4.69, 9.17) is 4.74 Å². The number of rotatable bonds is 6. The van der Waals surface area contributed by atoms with E-state index in [9.17, 15) is 25.0 Å². The van der Waals surface area contributed by atoms with E-state index in [-0.39, 0.29) is 22.8 Å². The standard InChI is InChI=1S/C15H13N3O6/c1-10(24-14-9-5-4-8-13(14)18(22)23)15(19)16-11-6-2-3-7-12(11)17(20)21/h2-10H,1H3,(H,16,19)/t10-/m1/s1. The highest BCUT2D eigenvalue weighted by Crippen LogP contribution is 2.27. The van der Waals surface area contributed by atoms with Crippen LogP contribution in [-0.4, -0.2) is 21.9 Å². The van der Waals surface area contributed by atoms with Crippen LogP contribution in [-0.2, 0) is 4.79 Å². The normalized spacial score (nSPS) is 11.4. The lowest BCUT2D eigenvalue weighted by Gasteiger charge is -2.14. The Bertz CT molecular complexity index is 792. The predicted octanol–water partition coefficient (Wildman–Crippen LogP) is 2.91. The fourth-order valence-electron chi connectivity index (χ4n) is 1.92. The molecule has 0 saturated carbocycles. The molecule has 1 N–H and O–H groups in total. The van der Waals surface area contributed by atoms with Crippen molar-refractivity contribution < 1.29 is 19.4 Å². The summed E-state index contributed by atoms with van der Waals surface area (Å²) < 4.78 is 5.32. The minimum absolute atomic E-state index is 0.0190. The van der Waals surface area contributed by atoms with Gasteiger partial charge in [-0.3, -0.25) is 25.0 Å². The van der Waals surface area contributed by atoms with E-state index in [2.05, 4.69) is 5.32 Å². The number of nitro groups is 2. The third-order valence-electron chi connectivity index (χ3n) is 3.09. The maximum Gasteiger partial charge on any atom is 0.310 e. The van der Waals surface area contributed by atoms with E-state index < -0.39 is 21.9 Å². The molecule has 2 rings (SSSR count). The Morgan fingerprint density at radius 1 is 1.00 bits per heavy atom. The van der Waals surface area contributed by atoms with Gasteiger partial charge in [0.25, 0.3) is 11.6 Å². The van der Waals surface area contributed by atoms with Gasteiger partial charge in [0.05, 0.1) is 9.85 Å². The molecule has 0 saturated heterocycles. The number of nitrogens with zero attached hydrogens (tertiary/aromatic N) is 2. The zero-order valence-electron chi connectivity index (χ0n) is 12.5. The average molecular weight is 331 g/mol. The Hall–Kier alpha value is -3.49. The zero-order valence-corrected chi connectivity index (χ0v) is 12.5. The minimum atomic E-state index is -1.09. The summed E-state index contributed by atoms with van der Waals surface area (Å²) in [6.45, 7) is 1.39. The molecule has 0 radical (unpaired) electrons. The molecule has 0 spiro atoms. The molecule has 0 aliphatic rings. The van der Waals surface area contributed by atoms with Crippen LogP contribution in [0.2, 0.25) is 0 Å². The summed E-state index contributed by atoms with van der Waals surface area (Å²) in [4.78, 5) is 32.8. The van der Waals surface area contributed by atoms with Crippen molar-refractivity contribution in [3.05, 3.63) is 68.8 Å². The number of anilines is 1. The van der Waals surface area contributed by atoms with Crippen LogP contribution in [0.4, 0.5) is 17.1 Å². The van der Waals surface area contributed by atoms with Gasteiger partial charge in [0.1, 0.15) is 5.69 Å². The summed E-state index contributed by atoms with van der Waals surface area (Å²) >= 11 is 0. The van der Waals surface area contributed by atoms with Gasteiger partial charge in [-0.2, -0.15) is 0 Å². The maximum atomic E-state index is 12.1. The molecule has 0 aliphatic heterocycles. The van der Waals surface area contributed by atoms with Gasteiger partial charge in [0.2, 0.25) is 0 Å². The maximum absolute atomic E-state index is 12.1. The summed E-state index contributed by atoms with van der Waals surface area (Å²) in [5, 5.41) is 24.3. The molecule has 0 aromatic heterocycles. The number of nitro benzene ring substituents is 2. The number of hydrogen-bond donors (Lipinski definition) is 1. The topological polar surface area (TPSA) is 125 Å². The van der Waals surface area contributed by atoms with Crippen molar-refractivity contribution >= 4 is 23.0 Å². The van der Waals surface area contributed by atoms with Crippen LogP contribution in [0.1, 0.15) is 6.92 Å². The number of para-hydroxylation sites is 4. The van der Waals surface area contributed by atoms with Gasteiger partial charge in [-0.15, -0.1) is 0 Å². The Kier molecular flexibility index (Phi) is 5.05. The molecular formula is C15H13N3O6. The Morgan fingerprint density at radius 2 is 1.54 bits per heavy atom. The van der Waals surface area contributed by atoms with E-state index in [0.717, 1.165) is 0 Å². The highest BCUT2D eigenvalue weighted by molar-refractivity contribution is 5.96. The number of nitrogens with one attached hydrogen (secondary N) is 1. The van der Waals surface area contributed by atoms with Crippen LogP contribution in [0.3, 0.4) is 0 Å². The minimum Gasteiger partial charge on any atom is -0.474 e. The molecule has 2 aromatic carbocycles. The van der Waals surface area contributed by atoms with Gasteiger partial charge in [0, 0.05) is 12.1 Å². The summed E-state index contributed by atoms with van der Waals surface area (Å²) in [5.41, 5.74) is -0.517. The predicted molar refractivity (Wildman–Crippen MR) is 84.9 cm³/mol. The molecule has 1 atom stereocenters. The van der Waals surface area contributed by atoms with Crippen molar-refractivity contribution in [2.75, 3.05) is 5.32 Å². The van der Waals surface area contributed by atoms with Crippen LogP contribution in [0, 0.1) is 20.2 Å². The first-order chi connectivity index (χ1) is 11.4. The number of ether oxygens (including phenoxy) is 1. The highest BCUT2D eigenvalue weighted by Gasteiger charge is 2.22. The van der Waals surface area contributed by atoms with Gasteiger partial charge >= 0.3 is 5.69 Å². The lowest BCUT2D eigenvalue weighted by molar-refractivity contribution is -0.386. The molecule has 9 heteroatoms. The largest absolute Gasteiger partial charge is 0.474 e. The SMILES string of the molecule is C[C@@H](Oc1ccccc1[N+](=O)[O-])C(=O)Nc1ccccc1[N+](=O)[O-]. The average Bonchev–Trinajstić information content (AvgIpc) is 2.55. The molecular weight excluding hydrogens is 318 g/mol. The van der Waals surface area contributed by atoms with Crippen molar-refractivity contribution in [1.29, 1.82) is 0 Å². The van der Waals surface area contributed by atoms with Crippen LogP contribution in [0.5, 0.6) is 5.75 Å². The molecule has 2 aromatic rings. The molecule has 0 bridgehead atoms. The number of benzene rings is 2. The second kappa shape index (κ2) is 7.18. The molecule has 24 heavy (non-hydrogen) atoms. The van der Waals surface area contributed by atoms with Crippen molar-refractivity contribution in [1.82, 2.24) is 0 Å². The Morgan fingerprint density at radius 3 is 2.17 bits per heavy atom. The molecule has 0 unspecified atom stereocenters. The Labute approximate surface area is 136 Å². The zero-order chi connectivity index (χ0) is 17.7. The smallest absolute Gasteiger partial charge is 0.310 e. The number of carbonyl (C=O) groups excluding carboxylic acids is 1. The van der Waals surface area contributed by atoms with Crippen molar-refractivity contribution in [2.45, 2.75) is 13.0 Å². The second-order valence-electron chi connectivity index (χ2n) is 4.75. The van der Waals surface area contributed by atoms with Gasteiger partial charge in [-0.05, 0) is 19.1 Å². The van der Waals surface area contributed by atoms with Crippen molar-refractivity contribution in [3.8, 4) is 5.75 Å². The van der Waals surface area contributed by atoms with Crippen LogP contribution >= 0.6 is 0 Å². The van der Waals surface area contributed by atoms with Gasteiger partial charge in [-0.1, -0.05) is 24.3 Å². The quantitative estimate of drug-likeness (QED) is 0.641. The van der Waals surface area contributed by atoms with Gasteiger partial charge in [0.15, 0.2) is 11.9 Å². The highest BCUT2D eigenvalue weighted by atomic mass is 16.6. The van der Waals surface area contributed by atoms with E-state index in [1.807, 2.05) is 0 Å². The van der Waals surface area contributed by atoms with E-state index in [1.54, 1.807) is 0 Å². The molecule has 0 heterocycles. The molecule has 0 fully saturated rings. The molecule has 124 valence electrons. The van der Waals surface area contributed by atoms with E-state index >= 15 is 0 Å². The summed E-state index contributed by atoms with van der Waals surface area (Å²) in [6, 6.07) is 11.3. The summed E-state index contributed by atoms with van der Waals surface area (Å²) in [5.74, 6) is -0.727. The third kappa shape index (κ3) is 3.83. The lowest BCUT2D eigenvalue weighted by atomic mass is 10.2. The van der Waals surface area contributed by atoms with Crippen LogP contribution in [0.15, 0.2) is 48.5 Å². The first kappa shape index (κ1) is 16.9. The van der Waals surface area contributed by atoms with E-state index in [1.165, 1.54) is 55.5 Å². The van der Waals surface area contributed by atoms with Crippen molar-refractivity contribution in [2.24, 2.45) is 0 Å². The molecule has 0 aliphatic carbocycles.